The molecule has 1 saturated heterocycles. The Balaban J connectivity index is 1.50. The Bertz CT molecular complexity index is 1310. The van der Waals surface area contributed by atoms with Crippen LogP contribution in [0.3, 0.4) is 0 Å². The zero-order valence-corrected chi connectivity index (χ0v) is 18.9. The Kier molecular flexibility index (Phi) is 5.96. The third-order valence-corrected chi connectivity index (χ3v) is 8.29. The summed E-state index contributed by atoms with van der Waals surface area (Å²) in [6.07, 6.45) is 4.94. The highest BCUT2D eigenvalue weighted by molar-refractivity contribution is 7.93. The molecule has 0 aromatic carbocycles. The number of carbonyl (C=O) groups excluding carboxylic acids is 1. The van der Waals surface area contributed by atoms with Gasteiger partial charge in [0.1, 0.15) is 5.69 Å². The van der Waals surface area contributed by atoms with Crippen LogP contribution in [0.2, 0.25) is 0 Å². The number of aromatic nitrogens is 3. The second-order valence-electron chi connectivity index (χ2n) is 7.85. The molecule has 1 atom stereocenters. The van der Waals surface area contributed by atoms with Crippen molar-refractivity contribution in [2.24, 2.45) is 0 Å². The minimum atomic E-state index is -3.09. The topological polar surface area (TPSA) is 132 Å². The fourth-order valence-electron chi connectivity index (χ4n) is 4.01. The molecular formula is C22H26N6O3S. The summed E-state index contributed by atoms with van der Waals surface area (Å²) in [6.45, 7) is 3.18. The molecule has 10 heteroatoms. The summed E-state index contributed by atoms with van der Waals surface area (Å²) < 4.78 is 22.1. The first kappa shape index (κ1) is 21.9. The average Bonchev–Trinajstić information content (AvgIpc) is 2.82. The summed E-state index contributed by atoms with van der Waals surface area (Å²) in [5.41, 5.74) is 2.85. The predicted molar refractivity (Wildman–Crippen MR) is 124 cm³/mol. The number of hydrogen-bond acceptors (Lipinski definition) is 7. The van der Waals surface area contributed by atoms with Crippen LogP contribution < -0.4 is 15.8 Å². The number of hydrogen-bond donors (Lipinski definition) is 3. The van der Waals surface area contributed by atoms with Crippen LogP contribution in [-0.4, -0.2) is 50.5 Å². The van der Waals surface area contributed by atoms with E-state index < -0.39 is 9.73 Å². The second-order valence-corrected chi connectivity index (χ2v) is 10.2. The summed E-state index contributed by atoms with van der Waals surface area (Å²) in [5, 5.41) is 2.24. The lowest BCUT2D eigenvalue weighted by Crippen LogP contribution is -2.39. The van der Waals surface area contributed by atoms with Crippen molar-refractivity contribution in [1.82, 2.24) is 20.3 Å². The maximum atomic E-state index is 13.4. The summed E-state index contributed by atoms with van der Waals surface area (Å²) in [6, 6.07) is 6.90. The van der Waals surface area contributed by atoms with Gasteiger partial charge in [0.05, 0.1) is 42.8 Å². The largest absolute Gasteiger partial charge is 0.370 e. The van der Waals surface area contributed by atoms with E-state index in [1.165, 1.54) is 6.20 Å². The third-order valence-electron chi connectivity index (χ3n) is 5.96. The molecule has 168 valence electrons. The van der Waals surface area contributed by atoms with E-state index in [0.29, 0.717) is 59.5 Å². The van der Waals surface area contributed by atoms with E-state index in [2.05, 4.69) is 25.2 Å². The SMILES string of the molecule is CCc1cc2ncc([S@@](=N)(=O)C3CCN(c4ccc(C(=O)NC)nc4)CC3)cc2[nH]c1=O. The number of aryl methyl sites for hydroxylation is 1. The number of amides is 1. The van der Waals surface area contributed by atoms with Crippen LogP contribution in [0, 0.1) is 4.78 Å². The van der Waals surface area contributed by atoms with Gasteiger partial charge in [-0.05, 0) is 43.5 Å². The molecule has 3 aromatic rings. The smallest absolute Gasteiger partial charge is 0.269 e. The maximum absolute atomic E-state index is 13.4. The van der Waals surface area contributed by atoms with Crippen LogP contribution >= 0.6 is 0 Å². The van der Waals surface area contributed by atoms with E-state index in [9.17, 15) is 13.8 Å². The molecular weight excluding hydrogens is 428 g/mol. The number of H-pyrrole nitrogens is 1. The van der Waals surface area contributed by atoms with Crippen molar-refractivity contribution in [2.75, 3.05) is 25.0 Å². The van der Waals surface area contributed by atoms with Crippen molar-refractivity contribution in [1.29, 1.82) is 4.78 Å². The number of piperidine rings is 1. The van der Waals surface area contributed by atoms with Gasteiger partial charge in [-0.2, -0.15) is 0 Å². The van der Waals surface area contributed by atoms with Gasteiger partial charge in [0.2, 0.25) is 0 Å². The first-order valence-electron chi connectivity index (χ1n) is 10.6. The first-order chi connectivity index (χ1) is 15.3. The summed E-state index contributed by atoms with van der Waals surface area (Å²) in [4.78, 5) is 37.6. The molecule has 1 amide bonds. The number of rotatable bonds is 5. The second kappa shape index (κ2) is 8.70. The molecule has 32 heavy (non-hydrogen) atoms. The Morgan fingerprint density at radius 1 is 1.25 bits per heavy atom. The third kappa shape index (κ3) is 4.10. The van der Waals surface area contributed by atoms with Gasteiger partial charge in [-0.15, -0.1) is 0 Å². The van der Waals surface area contributed by atoms with E-state index in [-0.39, 0.29) is 16.7 Å². The highest BCUT2D eigenvalue weighted by Crippen LogP contribution is 2.28. The summed E-state index contributed by atoms with van der Waals surface area (Å²) in [7, 11) is -1.53. The number of anilines is 1. The Hall–Kier alpha value is -3.27. The van der Waals surface area contributed by atoms with Crippen molar-refractivity contribution in [3.63, 3.8) is 0 Å². The number of fused-ring (bicyclic) bond motifs is 1. The van der Waals surface area contributed by atoms with E-state index >= 15 is 0 Å². The molecule has 4 heterocycles. The van der Waals surface area contributed by atoms with Crippen molar-refractivity contribution in [3.8, 4) is 0 Å². The van der Waals surface area contributed by atoms with Crippen molar-refractivity contribution < 1.29 is 9.00 Å². The lowest BCUT2D eigenvalue weighted by molar-refractivity contribution is 0.0958. The molecule has 3 aromatic heterocycles. The van der Waals surface area contributed by atoms with Crippen LogP contribution in [0.5, 0.6) is 0 Å². The van der Waals surface area contributed by atoms with E-state index in [4.69, 9.17) is 4.78 Å². The lowest BCUT2D eigenvalue weighted by atomic mass is 10.1. The number of carbonyl (C=O) groups is 1. The predicted octanol–water partition coefficient (Wildman–Crippen LogP) is 2.31. The van der Waals surface area contributed by atoms with Gasteiger partial charge in [0, 0.05) is 31.9 Å². The minimum absolute atomic E-state index is 0.181. The zero-order chi connectivity index (χ0) is 22.9. The Labute approximate surface area is 186 Å². The number of nitrogens with zero attached hydrogens (tertiary/aromatic N) is 3. The van der Waals surface area contributed by atoms with E-state index in [0.717, 1.165) is 5.69 Å². The molecule has 1 aliphatic rings. The fraction of sp³-hybridized carbons (Fsp3) is 0.364. The van der Waals surface area contributed by atoms with Crippen molar-refractivity contribution in [2.45, 2.75) is 36.3 Å². The molecule has 4 rings (SSSR count). The maximum Gasteiger partial charge on any atom is 0.269 e. The Morgan fingerprint density at radius 3 is 2.62 bits per heavy atom. The summed E-state index contributed by atoms with van der Waals surface area (Å²) in [5.74, 6) is -0.236. The molecule has 0 aliphatic carbocycles. The van der Waals surface area contributed by atoms with Gasteiger partial charge in [-0.25, -0.2) is 14.0 Å². The van der Waals surface area contributed by atoms with Crippen LogP contribution in [0.1, 0.15) is 35.8 Å². The quantitative estimate of drug-likeness (QED) is 0.542. The Morgan fingerprint density at radius 2 is 2.00 bits per heavy atom. The standard InChI is InChI=1S/C22H26N6O3S/c1-3-14-10-19-20(27-21(14)29)11-17(13-26-19)32(23,31)16-6-8-28(9-7-16)15-4-5-18(25-12-15)22(30)24-2/h4-5,10-13,16,23H,3,6-9H2,1-2H3,(H,24,30)(H,27,29)/t32-/m0/s1. The highest BCUT2D eigenvalue weighted by atomic mass is 32.2. The van der Waals surface area contributed by atoms with Crippen LogP contribution in [0.15, 0.2) is 46.3 Å². The molecule has 1 fully saturated rings. The van der Waals surface area contributed by atoms with Gasteiger partial charge in [0.15, 0.2) is 0 Å². The van der Waals surface area contributed by atoms with Crippen LogP contribution in [0.4, 0.5) is 5.69 Å². The van der Waals surface area contributed by atoms with E-state index in [1.54, 1.807) is 31.4 Å². The normalized spacial score (nSPS) is 16.6. The van der Waals surface area contributed by atoms with Crippen LogP contribution in [-0.2, 0) is 16.1 Å². The van der Waals surface area contributed by atoms with Gasteiger partial charge in [-0.1, -0.05) is 6.92 Å². The molecule has 0 unspecified atom stereocenters. The number of pyridine rings is 3. The molecule has 0 bridgehead atoms. The molecule has 3 N–H and O–H groups in total. The highest BCUT2D eigenvalue weighted by Gasteiger charge is 2.29. The van der Waals surface area contributed by atoms with Crippen LogP contribution in [0.25, 0.3) is 11.0 Å². The molecule has 0 spiro atoms. The lowest BCUT2D eigenvalue weighted by Gasteiger charge is -2.34. The number of aromatic amines is 1. The van der Waals surface area contributed by atoms with Gasteiger partial charge >= 0.3 is 0 Å². The summed E-state index contributed by atoms with van der Waals surface area (Å²) >= 11 is 0. The van der Waals surface area contributed by atoms with Crippen molar-refractivity contribution in [3.05, 3.63) is 58.3 Å². The monoisotopic (exact) mass is 454 g/mol. The molecule has 0 radical (unpaired) electrons. The average molecular weight is 455 g/mol. The van der Waals surface area contributed by atoms with Gasteiger partial charge < -0.3 is 15.2 Å². The molecule has 0 saturated carbocycles. The molecule has 1 aliphatic heterocycles. The fourth-order valence-corrected chi connectivity index (χ4v) is 5.77. The molecule has 9 nitrogen and oxygen atoms in total. The number of nitrogens with one attached hydrogen (secondary N) is 3. The van der Waals surface area contributed by atoms with Gasteiger partial charge in [-0.3, -0.25) is 14.6 Å². The van der Waals surface area contributed by atoms with E-state index in [1.807, 2.05) is 13.0 Å². The zero-order valence-electron chi connectivity index (χ0n) is 18.1. The first-order valence-corrected chi connectivity index (χ1v) is 12.2. The van der Waals surface area contributed by atoms with Crippen molar-refractivity contribution >= 4 is 32.4 Å². The minimum Gasteiger partial charge on any atom is -0.370 e. The van der Waals surface area contributed by atoms with Gasteiger partial charge in [0.25, 0.3) is 11.5 Å².